The van der Waals surface area contributed by atoms with Crippen molar-refractivity contribution in [3.8, 4) is 0 Å². The first kappa shape index (κ1) is 7.68. The fourth-order valence-electron chi connectivity index (χ4n) is 0.279. The lowest BCUT2D eigenvalue weighted by atomic mass is 10.4. The maximum atomic E-state index is 9.78. The number of allylic oxidation sites excluding steroid dienone is 2. The molecule has 0 saturated carbocycles. The van der Waals surface area contributed by atoms with Crippen LogP contribution in [-0.2, 0) is 0 Å². The highest BCUT2D eigenvalue weighted by atomic mass is 16.6. The molecule has 0 aliphatic heterocycles. The molecular weight excluding hydrogens is 120 g/mol. The van der Waals surface area contributed by atoms with Crippen molar-refractivity contribution in [1.29, 1.82) is 0 Å². The second-order valence-electron chi connectivity index (χ2n) is 1.41. The summed E-state index contributed by atoms with van der Waals surface area (Å²) in [5.74, 6) is -0.324. The summed E-state index contributed by atoms with van der Waals surface area (Å²) in [6.45, 7) is 3.37. The van der Waals surface area contributed by atoms with Crippen molar-refractivity contribution in [2.45, 2.75) is 6.42 Å². The second-order valence-corrected chi connectivity index (χ2v) is 1.41. The molecule has 0 bridgehead atoms. The van der Waals surface area contributed by atoms with Crippen LogP contribution in [0.1, 0.15) is 6.42 Å². The van der Waals surface area contributed by atoms with Crippen LogP contribution in [0.5, 0.6) is 0 Å². The highest BCUT2D eigenvalue weighted by molar-refractivity contribution is 4.90. The molecule has 0 saturated heterocycles. The Bertz CT molecular complexity index is 151. The minimum atomic E-state index is -0.635. The van der Waals surface area contributed by atoms with Gasteiger partial charge in [-0.2, -0.15) is 0 Å². The lowest BCUT2D eigenvalue weighted by molar-refractivity contribution is -0.426. The van der Waals surface area contributed by atoms with Gasteiger partial charge >= 0.3 is 5.82 Å². The average molecular weight is 128 g/mol. The van der Waals surface area contributed by atoms with E-state index in [0.29, 0.717) is 6.42 Å². The monoisotopic (exact) mass is 128 g/mol. The van der Waals surface area contributed by atoms with E-state index < -0.39 is 4.92 Å². The quantitative estimate of drug-likeness (QED) is 0.344. The number of hydrogen-bond donors (Lipinski definition) is 1. The standard InChI is InChI=1S/C5H8N2O2/c1-2-3-4-5(6)7(8)9/h2,4H,1,3,6H2. The molecule has 0 spiro atoms. The van der Waals surface area contributed by atoms with E-state index in [1.54, 1.807) is 0 Å². The molecule has 2 N–H and O–H groups in total. The van der Waals surface area contributed by atoms with Crippen LogP contribution in [0.25, 0.3) is 0 Å². The molecule has 4 heteroatoms. The van der Waals surface area contributed by atoms with Gasteiger partial charge in [0.2, 0.25) is 0 Å². The van der Waals surface area contributed by atoms with E-state index in [4.69, 9.17) is 5.73 Å². The number of hydrogen-bond acceptors (Lipinski definition) is 3. The summed E-state index contributed by atoms with van der Waals surface area (Å²) in [5, 5.41) is 9.78. The molecule has 0 aromatic heterocycles. The Labute approximate surface area is 52.8 Å². The maximum absolute atomic E-state index is 9.78. The first-order valence-electron chi connectivity index (χ1n) is 2.39. The lowest BCUT2D eigenvalue weighted by Gasteiger charge is -1.89. The minimum absolute atomic E-state index is 0.324. The van der Waals surface area contributed by atoms with Crippen LogP contribution in [0.3, 0.4) is 0 Å². The summed E-state index contributed by atoms with van der Waals surface area (Å²) in [4.78, 5) is 9.15. The Morgan fingerprint density at radius 2 is 2.44 bits per heavy atom. The van der Waals surface area contributed by atoms with E-state index in [1.807, 2.05) is 0 Å². The number of nitrogens with two attached hydrogens (primary N) is 1. The Morgan fingerprint density at radius 1 is 1.89 bits per heavy atom. The molecule has 0 aromatic rings. The predicted octanol–water partition coefficient (Wildman–Crippen LogP) is 0.639. The Morgan fingerprint density at radius 3 is 2.78 bits per heavy atom. The highest BCUT2D eigenvalue weighted by Crippen LogP contribution is 1.88. The molecule has 0 aromatic carbocycles. The summed E-state index contributed by atoms with van der Waals surface area (Å²) < 4.78 is 0. The maximum Gasteiger partial charge on any atom is 0.310 e. The molecule has 0 aliphatic rings. The number of rotatable bonds is 3. The van der Waals surface area contributed by atoms with Gasteiger partial charge in [0.15, 0.2) is 0 Å². The molecule has 4 nitrogen and oxygen atoms in total. The molecule has 50 valence electrons. The van der Waals surface area contributed by atoms with E-state index in [1.165, 1.54) is 12.2 Å². The van der Waals surface area contributed by atoms with E-state index in [0.717, 1.165) is 0 Å². The summed E-state index contributed by atoms with van der Waals surface area (Å²) in [6, 6.07) is 0. The average Bonchev–Trinajstić information content (AvgIpc) is 1.82. The van der Waals surface area contributed by atoms with Crippen molar-refractivity contribution in [2.24, 2.45) is 5.73 Å². The first-order valence-corrected chi connectivity index (χ1v) is 2.39. The largest absolute Gasteiger partial charge is 0.358 e. The Balaban J connectivity index is 3.83. The van der Waals surface area contributed by atoms with Gasteiger partial charge in [-0.3, -0.25) is 5.73 Å². The topological polar surface area (TPSA) is 69.2 Å². The Kier molecular flexibility index (Phi) is 3.12. The number of nitro groups is 1. The zero-order chi connectivity index (χ0) is 7.28. The van der Waals surface area contributed by atoms with Crippen molar-refractivity contribution in [1.82, 2.24) is 0 Å². The fourth-order valence-corrected chi connectivity index (χ4v) is 0.279. The van der Waals surface area contributed by atoms with Gasteiger partial charge in [-0.05, 0) is 11.3 Å². The van der Waals surface area contributed by atoms with Crippen LogP contribution in [-0.4, -0.2) is 4.92 Å². The molecule has 0 heterocycles. The van der Waals surface area contributed by atoms with Gasteiger partial charge in [0, 0.05) is 6.08 Å². The highest BCUT2D eigenvalue weighted by Gasteiger charge is 1.94. The smallest absolute Gasteiger partial charge is 0.310 e. The molecule has 0 unspecified atom stereocenters. The van der Waals surface area contributed by atoms with Crippen molar-refractivity contribution in [3.05, 3.63) is 34.7 Å². The molecular formula is C5H8N2O2. The molecule has 0 amide bonds. The van der Waals surface area contributed by atoms with Gasteiger partial charge in [0.1, 0.15) is 0 Å². The minimum Gasteiger partial charge on any atom is -0.358 e. The second kappa shape index (κ2) is 3.65. The Hall–Kier alpha value is -1.32. The van der Waals surface area contributed by atoms with E-state index in [2.05, 4.69) is 6.58 Å². The fraction of sp³-hybridized carbons (Fsp3) is 0.200. The van der Waals surface area contributed by atoms with Crippen LogP contribution in [0.15, 0.2) is 24.6 Å². The third-order valence-corrected chi connectivity index (χ3v) is 0.704. The SMILES string of the molecule is C=CCC=C(N)[N+](=O)[O-]. The van der Waals surface area contributed by atoms with Gasteiger partial charge in [-0.25, -0.2) is 0 Å². The zero-order valence-electron chi connectivity index (χ0n) is 4.91. The lowest BCUT2D eigenvalue weighted by Crippen LogP contribution is -2.07. The molecule has 0 radical (unpaired) electrons. The van der Waals surface area contributed by atoms with E-state index >= 15 is 0 Å². The van der Waals surface area contributed by atoms with Crippen molar-refractivity contribution in [3.63, 3.8) is 0 Å². The number of nitrogens with zero attached hydrogens (tertiary/aromatic N) is 1. The third-order valence-electron chi connectivity index (χ3n) is 0.704. The molecule has 0 fully saturated rings. The summed E-state index contributed by atoms with van der Waals surface area (Å²) >= 11 is 0. The van der Waals surface area contributed by atoms with Gasteiger partial charge < -0.3 is 10.1 Å². The summed E-state index contributed by atoms with van der Waals surface area (Å²) in [5.41, 5.74) is 4.92. The van der Waals surface area contributed by atoms with Crippen molar-refractivity contribution < 1.29 is 4.92 Å². The van der Waals surface area contributed by atoms with Crippen LogP contribution in [0.2, 0.25) is 0 Å². The van der Waals surface area contributed by atoms with Gasteiger partial charge in [-0.1, -0.05) is 6.08 Å². The van der Waals surface area contributed by atoms with Crippen molar-refractivity contribution in [2.75, 3.05) is 0 Å². The van der Waals surface area contributed by atoms with Gasteiger partial charge in [0.25, 0.3) is 0 Å². The molecule has 0 rings (SSSR count). The van der Waals surface area contributed by atoms with E-state index in [-0.39, 0.29) is 5.82 Å². The first-order chi connectivity index (χ1) is 4.18. The van der Waals surface area contributed by atoms with Gasteiger partial charge in [0.05, 0.1) is 0 Å². The van der Waals surface area contributed by atoms with Crippen LogP contribution in [0, 0.1) is 10.1 Å². The molecule has 0 aliphatic carbocycles. The van der Waals surface area contributed by atoms with Gasteiger partial charge in [-0.15, -0.1) is 6.58 Å². The van der Waals surface area contributed by atoms with Crippen LogP contribution < -0.4 is 5.73 Å². The zero-order valence-corrected chi connectivity index (χ0v) is 4.91. The third kappa shape index (κ3) is 3.28. The molecule has 0 atom stereocenters. The summed E-state index contributed by atoms with van der Waals surface area (Å²) in [7, 11) is 0. The van der Waals surface area contributed by atoms with Crippen molar-refractivity contribution >= 4 is 0 Å². The summed E-state index contributed by atoms with van der Waals surface area (Å²) in [6.07, 6.45) is 3.27. The van der Waals surface area contributed by atoms with Crippen LogP contribution in [0.4, 0.5) is 0 Å². The van der Waals surface area contributed by atoms with Crippen LogP contribution >= 0.6 is 0 Å². The molecule has 9 heavy (non-hydrogen) atoms. The predicted molar refractivity (Wildman–Crippen MR) is 34.1 cm³/mol. The van der Waals surface area contributed by atoms with E-state index in [9.17, 15) is 10.1 Å². The normalized spacial score (nSPS) is 10.9.